The Morgan fingerprint density at radius 1 is 0.470 bits per heavy atom. The van der Waals surface area contributed by atoms with Crippen molar-refractivity contribution in [2.75, 3.05) is 62.4 Å². The summed E-state index contributed by atoms with van der Waals surface area (Å²) in [6.07, 6.45) is 1.61. The second-order valence-electron chi connectivity index (χ2n) is 20.1. The zero-order chi connectivity index (χ0) is 51.1. The second kappa shape index (κ2) is 27.3. The highest BCUT2D eigenvalue weighted by Gasteiger charge is 2.45. The van der Waals surface area contributed by atoms with Gasteiger partial charge in [-0.15, -0.1) is 0 Å². The maximum atomic E-state index is 14.9. The van der Waals surface area contributed by atoms with E-state index in [-0.39, 0.29) is 41.9 Å². The smallest absolute Gasteiger partial charge is 0.246 e. The Hall–Kier alpha value is -4.57. The van der Waals surface area contributed by atoms with Gasteiger partial charge in [0.25, 0.3) is 0 Å². The van der Waals surface area contributed by atoms with Crippen LogP contribution in [0.1, 0.15) is 101 Å². The van der Waals surface area contributed by atoms with Crippen LogP contribution in [-0.4, -0.2) is 175 Å². The molecule has 16 nitrogen and oxygen atoms in total. The van der Waals surface area contributed by atoms with Crippen LogP contribution >= 0.6 is 0 Å². The van der Waals surface area contributed by atoms with Gasteiger partial charge in [-0.2, -0.15) is 0 Å². The zero-order valence-corrected chi connectivity index (χ0v) is 44.0. The van der Waals surface area contributed by atoms with Crippen molar-refractivity contribution in [1.82, 2.24) is 40.0 Å². The Morgan fingerprint density at radius 3 is 1.15 bits per heavy atom. The normalized spacial score (nSPS) is 14.9. The zero-order valence-electron chi connectivity index (χ0n) is 44.0. The number of unbranched alkanes of at least 4 members (excludes halogenated alkanes) is 1. The van der Waals surface area contributed by atoms with Crippen molar-refractivity contribution >= 4 is 41.4 Å². The molecule has 0 fully saturated rings. The minimum atomic E-state index is -1.05. The molecule has 0 bridgehead atoms. The number of nitrogens with one attached hydrogen (secondary N) is 2. The first kappa shape index (κ1) is 59.4. The van der Waals surface area contributed by atoms with Gasteiger partial charge in [0.1, 0.15) is 36.3 Å². The van der Waals surface area contributed by atoms with E-state index < -0.39 is 83.7 Å². The first-order chi connectivity index (χ1) is 30.6. The second-order valence-corrected chi connectivity index (χ2v) is 20.1. The van der Waals surface area contributed by atoms with Gasteiger partial charge in [0, 0.05) is 55.3 Å². The summed E-state index contributed by atoms with van der Waals surface area (Å²) in [6, 6.07) is 3.02. The first-order valence-electron chi connectivity index (χ1n) is 23.9. The van der Waals surface area contributed by atoms with E-state index in [1.165, 1.54) is 29.4 Å². The lowest BCUT2D eigenvalue weighted by Gasteiger charge is -2.43. The van der Waals surface area contributed by atoms with Gasteiger partial charge in [-0.1, -0.05) is 113 Å². The average molecular weight is 928 g/mol. The number of carbonyl (C=O) groups is 7. The molecule has 1 aromatic carbocycles. The van der Waals surface area contributed by atoms with E-state index in [0.29, 0.717) is 19.5 Å². The first-order valence-corrected chi connectivity index (χ1v) is 23.9. The fourth-order valence-corrected chi connectivity index (χ4v) is 9.20. The molecule has 1 aromatic rings. The molecule has 1 rings (SSSR count). The Balaban J connectivity index is 3.68. The lowest BCUT2D eigenvalue weighted by Crippen LogP contribution is -2.63. The van der Waals surface area contributed by atoms with Crippen LogP contribution in [0.5, 0.6) is 0 Å². The summed E-state index contributed by atoms with van der Waals surface area (Å²) in [5.74, 6) is -4.55. The summed E-state index contributed by atoms with van der Waals surface area (Å²) in [5.41, 5.74) is 6.45. The minimum absolute atomic E-state index is 0.0299. The van der Waals surface area contributed by atoms with Crippen molar-refractivity contribution in [2.24, 2.45) is 41.2 Å². The van der Waals surface area contributed by atoms with E-state index in [4.69, 9.17) is 5.73 Å². The fraction of sp³-hybridized carbons (Fsp3) is 0.740. The number of amides is 7. The predicted octanol–water partition coefficient (Wildman–Crippen LogP) is 3.57. The summed E-state index contributed by atoms with van der Waals surface area (Å²) in [7, 11) is 11.1. The topological polar surface area (TPSA) is 189 Å². The van der Waals surface area contributed by atoms with E-state index in [2.05, 4.69) is 10.6 Å². The molecular weight excluding hydrogens is 839 g/mol. The molecule has 0 aliphatic heterocycles. The Kier molecular flexibility index (Phi) is 24.6. The Labute approximate surface area is 398 Å². The van der Waals surface area contributed by atoms with Crippen LogP contribution in [0.3, 0.4) is 0 Å². The van der Waals surface area contributed by atoms with Gasteiger partial charge in [0.15, 0.2) is 0 Å². The van der Waals surface area contributed by atoms with Crippen LogP contribution in [0.25, 0.3) is 0 Å². The molecular formula is C50H89N9O7. The lowest BCUT2D eigenvalue weighted by molar-refractivity contribution is -0.159. The van der Waals surface area contributed by atoms with Gasteiger partial charge in [0.2, 0.25) is 41.4 Å². The summed E-state index contributed by atoms with van der Waals surface area (Å²) in [4.78, 5) is 109. The van der Waals surface area contributed by atoms with Crippen molar-refractivity contribution < 1.29 is 33.6 Å². The van der Waals surface area contributed by atoms with Crippen LogP contribution < -0.4 is 16.4 Å². The molecule has 0 aliphatic carbocycles. The van der Waals surface area contributed by atoms with E-state index in [1.807, 2.05) is 113 Å². The SMILES string of the molecule is CN[C@H](C(=O)N(C)[C@H](C(=O)N(C)[C@H](C(=O)N(C)[C@H](C(=O)N(C)[C@H](C(=O)N(C)[C@@H](Cc1ccccc1)C(=O)N(C)[C@H](C(=O)NCCCCN)C(C)C)C(C)C)C(C)C)C(C)C)C(C)C)C(C)C. The molecule has 66 heavy (non-hydrogen) atoms. The number of carbonyl (C=O) groups excluding carboxylic acids is 7. The highest BCUT2D eigenvalue weighted by molar-refractivity contribution is 5.97. The third kappa shape index (κ3) is 15.2. The van der Waals surface area contributed by atoms with Gasteiger partial charge < -0.3 is 45.8 Å². The molecule has 0 heterocycles. The largest absolute Gasteiger partial charge is 0.354 e. The maximum absolute atomic E-state index is 14.9. The van der Waals surface area contributed by atoms with Crippen LogP contribution in [0.15, 0.2) is 30.3 Å². The highest BCUT2D eigenvalue weighted by atomic mass is 16.2. The van der Waals surface area contributed by atoms with Gasteiger partial charge in [0.05, 0.1) is 6.04 Å². The molecule has 0 unspecified atom stereocenters. The van der Waals surface area contributed by atoms with Crippen LogP contribution in [0.2, 0.25) is 0 Å². The molecule has 376 valence electrons. The Bertz CT molecular complexity index is 1740. The van der Waals surface area contributed by atoms with Crippen molar-refractivity contribution in [2.45, 2.75) is 145 Å². The maximum Gasteiger partial charge on any atom is 0.246 e. The van der Waals surface area contributed by atoms with E-state index in [1.54, 1.807) is 49.3 Å². The van der Waals surface area contributed by atoms with Gasteiger partial charge in [-0.05, 0) is 67.5 Å². The standard InChI is InChI=1S/C50H89N9O7/c1-30(2)38(52-13)46(62)56(16)41(33(7)8)48(64)58(18)43(35(11)12)50(66)59(19)42(34(9)10)49(65)57(17)40(32(5)6)47(63)54(14)37(29-36-25-21-20-22-26-36)45(61)55(15)39(31(3)4)44(60)53-28-24-23-27-51/h20-22,25-26,30-35,37-43,52H,23-24,27-29,51H2,1-19H3,(H,53,60)/t37-,38-,39-,40-,41-,42-,43-/m0/s1. The molecule has 7 amide bonds. The molecule has 0 aliphatic rings. The number of benzene rings is 1. The van der Waals surface area contributed by atoms with Crippen LogP contribution in [0, 0.1) is 35.5 Å². The third-order valence-corrected chi connectivity index (χ3v) is 12.8. The lowest BCUT2D eigenvalue weighted by atomic mass is 9.93. The van der Waals surface area contributed by atoms with Crippen molar-refractivity contribution in [1.29, 1.82) is 0 Å². The predicted molar refractivity (Wildman–Crippen MR) is 263 cm³/mol. The van der Waals surface area contributed by atoms with E-state index in [0.717, 1.165) is 12.0 Å². The number of likely N-dealkylation sites (N-methyl/N-ethyl adjacent to an activating group) is 7. The van der Waals surface area contributed by atoms with Gasteiger partial charge >= 0.3 is 0 Å². The van der Waals surface area contributed by atoms with E-state index in [9.17, 15) is 33.6 Å². The minimum Gasteiger partial charge on any atom is -0.354 e. The van der Waals surface area contributed by atoms with Crippen LogP contribution in [-0.2, 0) is 40.0 Å². The summed E-state index contributed by atoms with van der Waals surface area (Å²) in [5, 5.41) is 6.01. The van der Waals surface area contributed by atoms with Crippen LogP contribution in [0.4, 0.5) is 0 Å². The quantitative estimate of drug-likeness (QED) is 0.117. The fourth-order valence-electron chi connectivity index (χ4n) is 9.20. The number of rotatable bonds is 26. The van der Waals surface area contributed by atoms with E-state index >= 15 is 0 Å². The summed E-state index contributed by atoms with van der Waals surface area (Å²) < 4.78 is 0. The number of nitrogens with zero attached hydrogens (tertiary/aromatic N) is 6. The molecule has 0 radical (unpaired) electrons. The monoisotopic (exact) mass is 928 g/mol. The molecule has 0 aromatic heterocycles. The highest BCUT2D eigenvalue weighted by Crippen LogP contribution is 2.25. The average Bonchev–Trinajstić information content (AvgIpc) is 3.23. The number of hydrogen-bond acceptors (Lipinski definition) is 9. The number of hydrogen-bond donors (Lipinski definition) is 3. The van der Waals surface area contributed by atoms with Crippen molar-refractivity contribution in [3.63, 3.8) is 0 Å². The summed E-state index contributed by atoms with van der Waals surface area (Å²) >= 11 is 0. The van der Waals surface area contributed by atoms with Gasteiger partial charge in [-0.3, -0.25) is 33.6 Å². The summed E-state index contributed by atoms with van der Waals surface area (Å²) in [6.45, 7) is 23.2. The van der Waals surface area contributed by atoms with Crippen molar-refractivity contribution in [3.8, 4) is 0 Å². The third-order valence-electron chi connectivity index (χ3n) is 12.8. The van der Waals surface area contributed by atoms with Gasteiger partial charge in [-0.25, -0.2) is 0 Å². The molecule has 4 N–H and O–H groups in total. The Morgan fingerprint density at radius 2 is 0.818 bits per heavy atom. The number of nitrogens with two attached hydrogens (primary N) is 1. The molecule has 0 saturated carbocycles. The molecule has 0 spiro atoms. The van der Waals surface area contributed by atoms with Crippen molar-refractivity contribution in [3.05, 3.63) is 35.9 Å². The molecule has 0 saturated heterocycles. The molecule has 16 heteroatoms. The molecule has 7 atom stereocenters.